The second-order valence-electron chi connectivity index (χ2n) is 5.72. The molecule has 0 heterocycles. The fraction of sp³-hybridized carbons (Fsp3) is 1.00. The average Bonchev–Trinajstić information content (AvgIpc) is 2.08. The summed E-state index contributed by atoms with van der Waals surface area (Å²) in [5.74, 6) is 0.769. The molecule has 15 heavy (non-hydrogen) atoms. The first kappa shape index (κ1) is 14.9. The summed E-state index contributed by atoms with van der Waals surface area (Å²) in [5.41, 5.74) is 0.00713. The minimum atomic E-state index is 0.00713. The van der Waals surface area contributed by atoms with Crippen molar-refractivity contribution in [1.29, 1.82) is 0 Å². The quantitative estimate of drug-likeness (QED) is 0.658. The number of nitrogens with one attached hydrogen (secondary N) is 1. The highest BCUT2D eigenvalue weighted by atomic mass is 16.5. The van der Waals surface area contributed by atoms with Gasteiger partial charge in [-0.1, -0.05) is 13.8 Å². The Labute approximate surface area is 95.8 Å². The van der Waals surface area contributed by atoms with Gasteiger partial charge in [0.2, 0.25) is 0 Å². The van der Waals surface area contributed by atoms with Gasteiger partial charge in [-0.15, -0.1) is 0 Å². The Morgan fingerprint density at radius 3 is 2.20 bits per heavy atom. The van der Waals surface area contributed by atoms with Crippen LogP contribution in [-0.2, 0) is 4.74 Å². The van der Waals surface area contributed by atoms with E-state index in [0.717, 1.165) is 18.9 Å². The lowest BCUT2D eigenvalue weighted by Gasteiger charge is -2.22. The third-order valence-electron chi connectivity index (χ3n) is 2.40. The second kappa shape index (κ2) is 7.24. The van der Waals surface area contributed by atoms with Crippen LogP contribution in [0.3, 0.4) is 0 Å². The molecule has 0 bridgehead atoms. The van der Waals surface area contributed by atoms with Gasteiger partial charge in [-0.05, 0) is 53.0 Å². The van der Waals surface area contributed by atoms with Crippen LogP contribution < -0.4 is 5.32 Å². The van der Waals surface area contributed by atoms with E-state index in [1.54, 1.807) is 0 Å². The predicted octanol–water partition coefficient (Wildman–Crippen LogP) is 3.22. The van der Waals surface area contributed by atoms with Crippen molar-refractivity contribution in [3.8, 4) is 0 Å². The number of ether oxygens (including phenoxy) is 1. The van der Waals surface area contributed by atoms with E-state index in [1.807, 2.05) is 0 Å². The third kappa shape index (κ3) is 10.2. The minimum absolute atomic E-state index is 0.00713. The lowest BCUT2D eigenvalue weighted by Crippen LogP contribution is -2.28. The fourth-order valence-electron chi connectivity index (χ4n) is 1.66. The number of rotatable bonds is 7. The molecule has 0 radical (unpaired) electrons. The van der Waals surface area contributed by atoms with E-state index in [-0.39, 0.29) is 5.60 Å². The summed E-state index contributed by atoms with van der Waals surface area (Å²) in [6.45, 7) is 11.7. The van der Waals surface area contributed by atoms with E-state index < -0.39 is 0 Å². The lowest BCUT2D eigenvalue weighted by atomic mass is 10.00. The second-order valence-corrected chi connectivity index (χ2v) is 5.72. The van der Waals surface area contributed by atoms with Crippen LogP contribution in [0.2, 0.25) is 0 Å². The molecule has 0 aromatic carbocycles. The largest absolute Gasteiger partial charge is 0.376 e. The maximum absolute atomic E-state index is 5.70. The Balaban J connectivity index is 3.55. The summed E-state index contributed by atoms with van der Waals surface area (Å²) < 4.78 is 5.70. The van der Waals surface area contributed by atoms with Gasteiger partial charge in [0.1, 0.15) is 0 Å². The number of hydrogen-bond donors (Lipinski definition) is 1. The van der Waals surface area contributed by atoms with Crippen molar-refractivity contribution in [2.45, 2.75) is 65.5 Å². The fourth-order valence-corrected chi connectivity index (χ4v) is 1.66. The van der Waals surface area contributed by atoms with Crippen molar-refractivity contribution in [1.82, 2.24) is 5.32 Å². The standard InChI is InChI=1S/C13H29NO/c1-11(2)10-12(14-6)8-7-9-15-13(3,4)5/h11-12,14H,7-10H2,1-6H3. The van der Waals surface area contributed by atoms with Crippen molar-refractivity contribution < 1.29 is 4.74 Å². The molecule has 2 heteroatoms. The summed E-state index contributed by atoms with van der Waals surface area (Å²) in [6, 6.07) is 0.647. The van der Waals surface area contributed by atoms with Gasteiger partial charge >= 0.3 is 0 Å². The Morgan fingerprint density at radius 1 is 1.20 bits per heavy atom. The molecule has 0 saturated carbocycles. The van der Waals surface area contributed by atoms with Crippen molar-refractivity contribution in [3.63, 3.8) is 0 Å². The van der Waals surface area contributed by atoms with Crippen molar-refractivity contribution in [2.75, 3.05) is 13.7 Å². The Bertz CT molecular complexity index is 149. The van der Waals surface area contributed by atoms with Gasteiger partial charge in [-0.3, -0.25) is 0 Å². The molecule has 1 unspecified atom stereocenters. The molecule has 0 amide bonds. The molecule has 92 valence electrons. The summed E-state index contributed by atoms with van der Waals surface area (Å²) in [6.07, 6.45) is 3.62. The Morgan fingerprint density at radius 2 is 1.80 bits per heavy atom. The lowest BCUT2D eigenvalue weighted by molar-refractivity contribution is -0.00548. The highest BCUT2D eigenvalue weighted by Gasteiger charge is 2.11. The van der Waals surface area contributed by atoms with E-state index in [9.17, 15) is 0 Å². The van der Waals surface area contributed by atoms with E-state index >= 15 is 0 Å². The molecule has 0 rings (SSSR count). The minimum Gasteiger partial charge on any atom is -0.376 e. The van der Waals surface area contributed by atoms with Crippen LogP contribution in [0.15, 0.2) is 0 Å². The molecule has 0 saturated heterocycles. The van der Waals surface area contributed by atoms with E-state index in [4.69, 9.17) is 4.74 Å². The maximum atomic E-state index is 5.70. The molecular weight excluding hydrogens is 186 g/mol. The molecular formula is C13H29NO. The molecule has 0 aromatic rings. The molecule has 1 N–H and O–H groups in total. The average molecular weight is 215 g/mol. The third-order valence-corrected chi connectivity index (χ3v) is 2.40. The van der Waals surface area contributed by atoms with Gasteiger partial charge in [-0.2, -0.15) is 0 Å². The summed E-state index contributed by atoms with van der Waals surface area (Å²) in [7, 11) is 2.05. The normalized spacial score (nSPS) is 14.6. The Hall–Kier alpha value is -0.0800. The molecule has 0 fully saturated rings. The van der Waals surface area contributed by atoms with E-state index in [1.165, 1.54) is 12.8 Å². The molecule has 0 spiro atoms. The number of hydrogen-bond acceptors (Lipinski definition) is 2. The first-order chi connectivity index (χ1) is 6.85. The zero-order valence-corrected chi connectivity index (χ0v) is 11.4. The van der Waals surface area contributed by atoms with Crippen molar-refractivity contribution >= 4 is 0 Å². The molecule has 1 atom stereocenters. The van der Waals surface area contributed by atoms with Crippen LogP contribution in [0, 0.1) is 5.92 Å². The summed E-state index contributed by atoms with van der Waals surface area (Å²) in [5, 5.41) is 3.38. The van der Waals surface area contributed by atoms with Crippen LogP contribution >= 0.6 is 0 Å². The molecule has 0 aliphatic carbocycles. The zero-order chi connectivity index (χ0) is 11.9. The monoisotopic (exact) mass is 215 g/mol. The van der Waals surface area contributed by atoms with Crippen LogP contribution in [0.25, 0.3) is 0 Å². The van der Waals surface area contributed by atoms with Crippen molar-refractivity contribution in [2.24, 2.45) is 5.92 Å². The highest BCUT2D eigenvalue weighted by Crippen LogP contribution is 2.12. The SMILES string of the molecule is CNC(CCCOC(C)(C)C)CC(C)C. The van der Waals surface area contributed by atoms with Gasteiger partial charge < -0.3 is 10.1 Å². The van der Waals surface area contributed by atoms with Crippen LogP contribution in [0.1, 0.15) is 53.9 Å². The molecule has 2 nitrogen and oxygen atoms in total. The van der Waals surface area contributed by atoms with Crippen LogP contribution in [0.5, 0.6) is 0 Å². The zero-order valence-electron chi connectivity index (χ0n) is 11.4. The molecule has 0 aliphatic heterocycles. The molecule has 0 aliphatic rings. The van der Waals surface area contributed by atoms with Gasteiger partial charge in [0, 0.05) is 12.6 Å². The Kier molecular flexibility index (Phi) is 7.20. The summed E-state index contributed by atoms with van der Waals surface area (Å²) in [4.78, 5) is 0. The van der Waals surface area contributed by atoms with Gasteiger partial charge in [0.15, 0.2) is 0 Å². The highest BCUT2D eigenvalue weighted by molar-refractivity contribution is 4.67. The van der Waals surface area contributed by atoms with E-state index in [2.05, 4.69) is 47.0 Å². The predicted molar refractivity (Wildman–Crippen MR) is 67.2 cm³/mol. The van der Waals surface area contributed by atoms with E-state index in [0.29, 0.717) is 6.04 Å². The van der Waals surface area contributed by atoms with Crippen LogP contribution in [-0.4, -0.2) is 25.3 Å². The topological polar surface area (TPSA) is 21.3 Å². The van der Waals surface area contributed by atoms with Crippen LogP contribution in [0.4, 0.5) is 0 Å². The first-order valence-corrected chi connectivity index (χ1v) is 6.16. The smallest absolute Gasteiger partial charge is 0.0598 e. The van der Waals surface area contributed by atoms with Gasteiger partial charge in [0.25, 0.3) is 0 Å². The molecule has 0 aromatic heterocycles. The summed E-state index contributed by atoms with van der Waals surface area (Å²) >= 11 is 0. The van der Waals surface area contributed by atoms with Gasteiger partial charge in [0.05, 0.1) is 5.60 Å². The van der Waals surface area contributed by atoms with Crippen molar-refractivity contribution in [3.05, 3.63) is 0 Å². The first-order valence-electron chi connectivity index (χ1n) is 6.16. The maximum Gasteiger partial charge on any atom is 0.0598 e. The van der Waals surface area contributed by atoms with Gasteiger partial charge in [-0.25, -0.2) is 0 Å².